The second-order valence-corrected chi connectivity index (χ2v) is 4.96. The minimum Gasteiger partial charge on any atom is -0.319 e. The molecule has 106 valence electrons. The fourth-order valence-electron chi connectivity index (χ4n) is 2.23. The van der Waals surface area contributed by atoms with Crippen LogP contribution in [-0.2, 0) is 9.59 Å². The normalized spacial score (nSPS) is 15.1. The minimum atomic E-state index is -0.277. The first-order valence-corrected chi connectivity index (χ1v) is 6.48. The summed E-state index contributed by atoms with van der Waals surface area (Å²) in [5.41, 5.74) is 3.73. The zero-order valence-corrected chi connectivity index (χ0v) is 12.1. The van der Waals surface area contributed by atoms with Gasteiger partial charge in [-0.05, 0) is 32.4 Å². The van der Waals surface area contributed by atoms with Crippen molar-refractivity contribution in [3.63, 3.8) is 0 Å². The van der Waals surface area contributed by atoms with Gasteiger partial charge in [-0.15, -0.1) is 0 Å². The number of hydrazone groups is 1. The van der Waals surface area contributed by atoms with E-state index in [4.69, 9.17) is 0 Å². The van der Waals surface area contributed by atoms with Crippen LogP contribution in [0.1, 0.15) is 29.8 Å². The van der Waals surface area contributed by atoms with Gasteiger partial charge in [-0.1, -0.05) is 0 Å². The number of rotatable bonds is 2. The van der Waals surface area contributed by atoms with Gasteiger partial charge in [-0.3, -0.25) is 14.6 Å². The van der Waals surface area contributed by atoms with Crippen molar-refractivity contribution < 1.29 is 9.59 Å². The van der Waals surface area contributed by atoms with Crippen molar-refractivity contribution in [2.24, 2.45) is 5.10 Å². The van der Waals surface area contributed by atoms with E-state index in [2.05, 4.69) is 15.4 Å². The smallest absolute Gasteiger partial charge is 0.271 e. The van der Waals surface area contributed by atoms with Crippen molar-refractivity contribution in [3.05, 3.63) is 23.0 Å². The van der Waals surface area contributed by atoms with Crippen LogP contribution >= 0.6 is 0 Å². The van der Waals surface area contributed by atoms with Crippen molar-refractivity contribution in [1.82, 2.24) is 9.99 Å². The molecule has 0 radical (unpaired) electrons. The third-order valence-electron chi connectivity index (χ3n) is 3.23. The molecule has 0 saturated heterocycles. The van der Waals surface area contributed by atoms with Gasteiger partial charge >= 0.3 is 0 Å². The number of nitrogens with zero attached hydrogens (tertiary/aromatic N) is 3. The van der Waals surface area contributed by atoms with Gasteiger partial charge in [-0.2, -0.15) is 5.10 Å². The number of aromatic nitrogens is 1. The van der Waals surface area contributed by atoms with Crippen LogP contribution < -0.4 is 5.32 Å². The average molecular weight is 274 g/mol. The Bertz CT molecular complexity index is 584. The minimum absolute atomic E-state index is 0.0779. The van der Waals surface area contributed by atoms with E-state index in [-0.39, 0.29) is 11.8 Å². The summed E-state index contributed by atoms with van der Waals surface area (Å²) in [6.45, 7) is 5.70. The highest BCUT2D eigenvalue weighted by atomic mass is 16.2. The van der Waals surface area contributed by atoms with Crippen LogP contribution in [0.15, 0.2) is 11.2 Å². The molecule has 0 atom stereocenters. The fourth-order valence-corrected chi connectivity index (χ4v) is 2.23. The molecule has 0 spiro atoms. The quantitative estimate of drug-likeness (QED) is 0.889. The molecule has 6 heteroatoms. The summed E-state index contributed by atoms with van der Waals surface area (Å²) in [5.74, 6) is -0.355. The van der Waals surface area contributed by atoms with Crippen molar-refractivity contribution in [2.45, 2.75) is 33.6 Å². The standard InChI is InChI=1S/C14H18N4O2/c1-8-7-9(2)15-10(3)13(8)16-14(20)11-5-6-12(19)18(4)17-11/h7H,5-6H2,1-4H3,(H,16,20). The maximum atomic E-state index is 12.2. The van der Waals surface area contributed by atoms with Crippen LogP contribution in [0.5, 0.6) is 0 Å². The number of anilines is 1. The van der Waals surface area contributed by atoms with Crippen LogP contribution in [0.2, 0.25) is 0 Å². The summed E-state index contributed by atoms with van der Waals surface area (Å²) in [6, 6.07) is 1.92. The summed E-state index contributed by atoms with van der Waals surface area (Å²) in [4.78, 5) is 27.9. The molecule has 0 saturated carbocycles. The van der Waals surface area contributed by atoms with E-state index in [1.165, 1.54) is 5.01 Å². The zero-order chi connectivity index (χ0) is 14.9. The lowest BCUT2D eigenvalue weighted by Gasteiger charge is -2.19. The number of hydrogen-bond acceptors (Lipinski definition) is 4. The molecular formula is C14H18N4O2. The molecule has 1 aliphatic rings. The molecule has 6 nitrogen and oxygen atoms in total. The second-order valence-electron chi connectivity index (χ2n) is 4.96. The summed E-state index contributed by atoms with van der Waals surface area (Å²) in [6.07, 6.45) is 0.680. The lowest BCUT2D eigenvalue weighted by atomic mass is 10.1. The number of hydrogen-bond donors (Lipinski definition) is 1. The van der Waals surface area contributed by atoms with Gasteiger partial charge in [0.05, 0.1) is 11.4 Å². The topological polar surface area (TPSA) is 74.7 Å². The van der Waals surface area contributed by atoms with Gasteiger partial charge in [-0.25, -0.2) is 5.01 Å². The highest BCUT2D eigenvalue weighted by molar-refractivity contribution is 6.43. The van der Waals surface area contributed by atoms with Crippen molar-refractivity contribution >= 4 is 23.2 Å². The summed E-state index contributed by atoms with van der Waals surface area (Å²) in [7, 11) is 1.55. The predicted molar refractivity (Wildman–Crippen MR) is 76.5 cm³/mol. The Morgan fingerprint density at radius 3 is 2.60 bits per heavy atom. The Morgan fingerprint density at radius 1 is 1.30 bits per heavy atom. The van der Waals surface area contributed by atoms with Crippen LogP contribution in [0, 0.1) is 20.8 Å². The first-order chi connectivity index (χ1) is 9.38. The van der Waals surface area contributed by atoms with Gasteiger partial charge in [0.15, 0.2) is 0 Å². The monoisotopic (exact) mass is 274 g/mol. The molecule has 2 heterocycles. The van der Waals surface area contributed by atoms with E-state index < -0.39 is 0 Å². The van der Waals surface area contributed by atoms with E-state index >= 15 is 0 Å². The highest BCUT2D eigenvalue weighted by Gasteiger charge is 2.22. The second kappa shape index (κ2) is 5.40. The molecular weight excluding hydrogens is 256 g/mol. The van der Waals surface area contributed by atoms with E-state index in [1.807, 2.05) is 26.8 Å². The van der Waals surface area contributed by atoms with E-state index in [9.17, 15) is 9.59 Å². The Labute approximate surface area is 117 Å². The maximum Gasteiger partial charge on any atom is 0.271 e. The number of carbonyl (C=O) groups is 2. The van der Waals surface area contributed by atoms with Gasteiger partial charge in [0.1, 0.15) is 5.71 Å². The molecule has 0 fully saturated rings. The molecule has 2 rings (SSSR count). The predicted octanol–water partition coefficient (Wildman–Crippen LogP) is 1.55. The largest absolute Gasteiger partial charge is 0.319 e. The van der Waals surface area contributed by atoms with Crippen molar-refractivity contribution in [2.75, 3.05) is 12.4 Å². The molecule has 0 bridgehead atoms. The van der Waals surface area contributed by atoms with Crippen LogP contribution in [0.3, 0.4) is 0 Å². The van der Waals surface area contributed by atoms with Crippen LogP contribution in [0.25, 0.3) is 0 Å². The zero-order valence-electron chi connectivity index (χ0n) is 12.1. The molecule has 2 amide bonds. The molecule has 0 unspecified atom stereocenters. The molecule has 20 heavy (non-hydrogen) atoms. The molecule has 1 aromatic heterocycles. The van der Waals surface area contributed by atoms with Crippen molar-refractivity contribution in [3.8, 4) is 0 Å². The molecule has 1 aliphatic heterocycles. The summed E-state index contributed by atoms with van der Waals surface area (Å²) >= 11 is 0. The van der Waals surface area contributed by atoms with Gasteiger partial charge in [0, 0.05) is 25.6 Å². The number of aryl methyl sites for hydroxylation is 3. The highest BCUT2D eigenvalue weighted by Crippen LogP contribution is 2.20. The molecule has 0 aliphatic carbocycles. The van der Waals surface area contributed by atoms with Gasteiger partial charge in [0.2, 0.25) is 5.91 Å². The summed E-state index contributed by atoms with van der Waals surface area (Å²) in [5, 5.41) is 8.06. The lowest BCUT2D eigenvalue weighted by molar-refractivity contribution is -0.130. The average Bonchev–Trinajstić information content (AvgIpc) is 2.36. The van der Waals surface area contributed by atoms with Gasteiger partial charge < -0.3 is 5.32 Å². The third-order valence-corrected chi connectivity index (χ3v) is 3.23. The first kappa shape index (κ1) is 14.2. The van der Waals surface area contributed by atoms with Gasteiger partial charge in [0.25, 0.3) is 5.91 Å². The molecule has 0 aromatic carbocycles. The molecule has 1 N–H and O–H groups in total. The Balaban J connectivity index is 2.21. The summed E-state index contributed by atoms with van der Waals surface area (Å²) < 4.78 is 0. The first-order valence-electron chi connectivity index (χ1n) is 6.48. The SMILES string of the molecule is Cc1cc(C)c(NC(=O)C2=NN(C)C(=O)CC2)c(C)n1. The van der Waals surface area contributed by atoms with E-state index in [0.29, 0.717) is 24.2 Å². The number of pyridine rings is 1. The van der Waals surface area contributed by atoms with Crippen LogP contribution in [0.4, 0.5) is 5.69 Å². The lowest BCUT2D eigenvalue weighted by Crippen LogP contribution is -2.34. The number of nitrogens with one attached hydrogen (secondary N) is 1. The Kier molecular flexibility index (Phi) is 3.83. The fraction of sp³-hybridized carbons (Fsp3) is 0.429. The third kappa shape index (κ3) is 2.84. The molecule has 1 aromatic rings. The number of amides is 2. The maximum absolute atomic E-state index is 12.2. The van der Waals surface area contributed by atoms with E-state index in [0.717, 1.165) is 17.0 Å². The van der Waals surface area contributed by atoms with E-state index in [1.54, 1.807) is 7.05 Å². The van der Waals surface area contributed by atoms with Crippen LogP contribution in [-0.4, -0.2) is 34.6 Å². The Morgan fingerprint density at radius 2 is 2.00 bits per heavy atom. The number of carbonyl (C=O) groups excluding carboxylic acids is 2. The van der Waals surface area contributed by atoms with Crippen molar-refractivity contribution in [1.29, 1.82) is 0 Å². The Hall–Kier alpha value is -2.24.